The number of nitrogens with zero attached hydrogens (tertiary/aromatic N) is 1. The second kappa shape index (κ2) is 3.13. The molecule has 1 N–H and O–H groups in total. The number of aromatic nitrogens is 1. The number of hydrogen-bond acceptors (Lipinski definition) is 5. The predicted octanol–water partition coefficient (Wildman–Crippen LogP) is 0.289. The van der Waals surface area contributed by atoms with Crippen LogP contribution >= 0.6 is 0 Å². The van der Waals surface area contributed by atoms with Crippen molar-refractivity contribution in [1.29, 1.82) is 0 Å². The van der Waals surface area contributed by atoms with Crippen LogP contribution in [-0.4, -0.2) is 32.8 Å². The van der Waals surface area contributed by atoms with Gasteiger partial charge in [0.15, 0.2) is 14.9 Å². The lowest BCUT2D eigenvalue weighted by molar-refractivity contribution is 0.394. The molecule has 0 saturated heterocycles. The number of fused-ring (bicyclic) bond motifs is 1. The van der Waals surface area contributed by atoms with Crippen LogP contribution < -0.4 is 10.1 Å². The number of anilines is 1. The lowest BCUT2D eigenvalue weighted by Gasteiger charge is -2.17. The highest BCUT2D eigenvalue weighted by Crippen LogP contribution is 2.26. The molecule has 0 unspecified atom stereocenters. The SMILES string of the molecule is COc1ccc2c(n1)S(=O)(=O)CCN2. The normalized spacial score (nSPS) is 18.1. The maximum atomic E-state index is 11.6. The van der Waals surface area contributed by atoms with E-state index >= 15 is 0 Å². The third-order valence-corrected chi connectivity index (χ3v) is 3.67. The topological polar surface area (TPSA) is 68.3 Å². The summed E-state index contributed by atoms with van der Waals surface area (Å²) in [6, 6.07) is 3.30. The number of ether oxygens (including phenoxy) is 1. The minimum atomic E-state index is -3.23. The van der Waals surface area contributed by atoms with Gasteiger partial charge in [0.2, 0.25) is 5.88 Å². The van der Waals surface area contributed by atoms with Gasteiger partial charge in [-0.05, 0) is 6.07 Å². The van der Waals surface area contributed by atoms with Gasteiger partial charge in [-0.15, -0.1) is 0 Å². The highest BCUT2D eigenvalue weighted by molar-refractivity contribution is 7.91. The summed E-state index contributed by atoms with van der Waals surface area (Å²) in [7, 11) is -1.77. The number of methoxy groups -OCH3 is 1. The molecule has 6 heteroatoms. The van der Waals surface area contributed by atoms with Crippen LogP contribution in [0.3, 0.4) is 0 Å². The first-order valence-corrected chi connectivity index (χ1v) is 5.80. The zero-order valence-electron chi connectivity index (χ0n) is 7.65. The lowest BCUT2D eigenvalue weighted by atomic mass is 10.4. The van der Waals surface area contributed by atoms with Gasteiger partial charge in [-0.25, -0.2) is 8.42 Å². The molecule has 0 aliphatic carbocycles. The molecule has 1 aliphatic heterocycles. The third kappa shape index (κ3) is 1.41. The minimum Gasteiger partial charge on any atom is -0.481 e. The predicted molar refractivity (Wildman–Crippen MR) is 51.3 cm³/mol. The van der Waals surface area contributed by atoms with Crippen LogP contribution in [0.15, 0.2) is 17.2 Å². The molecule has 0 spiro atoms. The van der Waals surface area contributed by atoms with E-state index in [4.69, 9.17) is 4.74 Å². The quantitative estimate of drug-likeness (QED) is 0.727. The molecule has 0 aromatic carbocycles. The Morgan fingerprint density at radius 3 is 3.00 bits per heavy atom. The van der Waals surface area contributed by atoms with E-state index in [9.17, 15) is 8.42 Å². The summed E-state index contributed by atoms with van der Waals surface area (Å²) in [6.45, 7) is 0.434. The first kappa shape index (κ1) is 9.26. The Labute approximate surface area is 82.0 Å². The number of rotatable bonds is 1. The van der Waals surface area contributed by atoms with E-state index in [0.717, 1.165) is 0 Å². The maximum Gasteiger partial charge on any atom is 0.214 e. The van der Waals surface area contributed by atoms with E-state index in [1.54, 1.807) is 12.1 Å². The van der Waals surface area contributed by atoms with Crippen molar-refractivity contribution in [3.8, 4) is 5.88 Å². The second-order valence-corrected chi connectivity index (χ2v) is 4.98. The molecule has 5 nitrogen and oxygen atoms in total. The van der Waals surface area contributed by atoms with Crippen LogP contribution in [0.25, 0.3) is 0 Å². The molecule has 0 fully saturated rings. The van der Waals surface area contributed by atoms with Gasteiger partial charge in [-0.1, -0.05) is 0 Å². The Morgan fingerprint density at radius 2 is 2.29 bits per heavy atom. The second-order valence-electron chi connectivity index (χ2n) is 2.95. The highest BCUT2D eigenvalue weighted by atomic mass is 32.2. The summed E-state index contributed by atoms with van der Waals surface area (Å²) in [5, 5.41) is 3.06. The molecule has 0 saturated carbocycles. The molecule has 0 amide bonds. The van der Waals surface area contributed by atoms with Crippen LogP contribution in [-0.2, 0) is 9.84 Å². The van der Waals surface area contributed by atoms with Crippen molar-refractivity contribution in [1.82, 2.24) is 4.98 Å². The maximum absolute atomic E-state index is 11.6. The van der Waals surface area contributed by atoms with Crippen molar-refractivity contribution in [3.63, 3.8) is 0 Å². The Balaban J connectivity index is 2.61. The van der Waals surface area contributed by atoms with Crippen molar-refractivity contribution in [2.45, 2.75) is 5.03 Å². The summed E-state index contributed by atoms with van der Waals surface area (Å²) in [6.07, 6.45) is 0. The first-order chi connectivity index (χ1) is 6.63. The van der Waals surface area contributed by atoms with Crippen molar-refractivity contribution < 1.29 is 13.2 Å². The van der Waals surface area contributed by atoms with E-state index in [1.165, 1.54) is 7.11 Å². The molecular weight excluding hydrogens is 204 g/mol. The molecule has 2 heterocycles. The molecule has 2 rings (SSSR count). The van der Waals surface area contributed by atoms with Gasteiger partial charge in [0, 0.05) is 12.6 Å². The Morgan fingerprint density at radius 1 is 1.50 bits per heavy atom. The fourth-order valence-electron chi connectivity index (χ4n) is 1.33. The van der Waals surface area contributed by atoms with E-state index in [0.29, 0.717) is 18.1 Å². The van der Waals surface area contributed by atoms with Crippen LogP contribution in [0.5, 0.6) is 5.88 Å². The van der Waals surface area contributed by atoms with Gasteiger partial charge >= 0.3 is 0 Å². The Bertz CT molecular complexity index is 456. The zero-order chi connectivity index (χ0) is 10.2. The van der Waals surface area contributed by atoms with E-state index in [1.807, 2.05) is 0 Å². The Hall–Kier alpha value is -1.30. The van der Waals surface area contributed by atoms with Crippen molar-refractivity contribution in [2.24, 2.45) is 0 Å². The summed E-state index contributed by atoms with van der Waals surface area (Å²) in [5.41, 5.74) is 0.553. The third-order valence-electron chi connectivity index (χ3n) is 2.02. The fraction of sp³-hybridized carbons (Fsp3) is 0.375. The van der Waals surface area contributed by atoms with Crippen molar-refractivity contribution >= 4 is 15.5 Å². The zero-order valence-corrected chi connectivity index (χ0v) is 8.47. The molecular formula is C8H10N2O3S. The van der Waals surface area contributed by atoms with Crippen LogP contribution in [0, 0.1) is 0 Å². The number of sulfone groups is 1. The number of pyridine rings is 1. The van der Waals surface area contributed by atoms with Gasteiger partial charge in [0.1, 0.15) is 0 Å². The lowest BCUT2D eigenvalue weighted by Crippen LogP contribution is -2.24. The van der Waals surface area contributed by atoms with E-state index in [2.05, 4.69) is 10.3 Å². The van der Waals surface area contributed by atoms with Gasteiger partial charge in [-0.3, -0.25) is 0 Å². The Kier molecular flexibility index (Phi) is 2.07. The van der Waals surface area contributed by atoms with Gasteiger partial charge < -0.3 is 10.1 Å². The van der Waals surface area contributed by atoms with Crippen molar-refractivity contribution in [3.05, 3.63) is 12.1 Å². The van der Waals surface area contributed by atoms with E-state index in [-0.39, 0.29) is 10.8 Å². The molecule has 1 aromatic rings. The monoisotopic (exact) mass is 214 g/mol. The molecule has 0 bridgehead atoms. The van der Waals surface area contributed by atoms with Gasteiger partial charge in [-0.2, -0.15) is 4.98 Å². The largest absolute Gasteiger partial charge is 0.481 e. The summed E-state index contributed by atoms with van der Waals surface area (Å²) < 4.78 is 28.0. The number of hydrogen-bond donors (Lipinski definition) is 1. The van der Waals surface area contributed by atoms with Crippen molar-refractivity contribution in [2.75, 3.05) is 24.7 Å². The first-order valence-electron chi connectivity index (χ1n) is 4.15. The standard InChI is InChI=1S/C8H10N2O3S/c1-13-7-3-2-6-8(10-7)14(11,12)5-4-9-6/h2-3,9H,4-5H2,1H3. The van der Waals surface area contributed by atoms with Gasteiger partial charge in [0.25, 0.3) is 0 Å². The highest BCUT2D eigenvalue weighted by Gasteiger charge is 2.25. The molecule has 0 radical (unpaired) electrons. The average molecular weight is 214 g/mol. The van der Waals surface area contributed by atoms with Crippen LogP contribution in [0.4, 0.5) is 5.69 Å². The molecule has 14 heavy (non-hydrogen) atoms. The van der Waals surface area contributed by atoms with Crippen LogP contribution in [0.2, 0.25) is 0 Å². The smallest absolute Gasteiger partial charge is 0.214 e. The summed E-state index contributed by atoms with van der Waals surface area (Å²) in [4.78, 5) is 3.91. The molecule has 1 aliphatic rings. The van der Waals surface area contributed by atoms with Crippen LogP contribution in [0.1, 0.15) is 0 Å². The van der Waals surface area contributed by atoms with E-state index < -0.39 is 9.84 Å². The summed E-state index contributed by atoms with van der Waals surface area (Å²) in [5.74, 6) is 0.399. The number of nitrogens with one attached hydrogen (secondary N) is 1. The van der Waals surface area contributed by atoms with Gasteiger partial charge in [0.05, 0.1) is 18.6 Å². The molecule has 1 aromatic heterocycles. The minimum absolute atomic E-state index is 0.0835. The average Bonchev–Trinajstić information content (AvgIpc) is 2.17. The molecule has 0 atom stereocenters. The fourth-order valence-corrected chi connectivity index (χ4v) is 2.59. The molecule has 76 valence electrons. The summed E-state index contributed by atoms with van der Waals surface area (Å²) >= 11 is 0.